The fourth-order valence-electron chi connectivity index (χ4n) is 0.641. The Hall–Kier alpha value is -0.790. The summed E-state index contributed by atoms with van der Waals surface area (Å²) < 4.78 is 4.77. The lowest BCUT2D eigenvalue weighted by atomic mass is 10.2. The Bertz CT molecular complexity index is 127. The molecule has 2 nitrogen and oxygen atoms in total. The highest BCUT2D eigenvalue weighted by Crippen LogP contribution is 1.99. The molecule has 0 aliphatic heterocycles. The summed E-state index contributed by atoms with van der Waals surface area (Å²) in [6.45, 7) is 5.97. The van der Waals surface area contributed by atoms with Crippen LogP contribution in [0.3, 0.4) is 0 Å². The zero-order valence-electron chi connectivity index (χ0n) is 6.76. The van der Waals surface area contributed by atoms with Gasteiger partial charge >= 0.3 is 5.97 Å². The maximum atomic E-state index is 10.9. The van der Waals surface area contributed by atoms with E-state index in [1.165, 1.54) is 0 Å². The van der Waals surface area contributed by atoms with Crippen molar-refractivity contribution < 1.29 is 9.53 Å². The van der Waals surface area contributed by atoms with Crippen molar-refractivity contribution in [1.29, 1.82) is 0 Å². The average Bonchev–Trinajstić information content (AvgIpc) is 1.89. The predicted octanol–water partition coefficient (Wildman–Crippen LogP) is 1.76. The molecular formula is C8H14O2. The number of hydrogen-bond acceptors (Lipinski definition) is 2. The second-order valence-electron chi connectivity index (χ2n) is 2.07. The topological polar surface area (TPSA) is 26.3 Å². The number of ether oxygens (including phenoxy) is 1. The second-order valence-corrected chi connectivity index (χ2v) is 2.07. The fourth-order valence-corrected chi connectivity index (χ4v) is 0.641. The van der Waals surface area contributed by atoms with Gasteiger partial charge in [-0.2, -0.15) is 0 Å². The Balaban J connectivity index is 3.70. The van der Waals surface area contributed by atoms with Crippen LogP contribution in [0.2, 0.25) is 0 Å². The summed E-state index contributed by atoms with van der Waals surface area (Å²) in [7, 11) is 0. The molecule has 0 radical (unpaired) electrons. The Morgan fingerprint density at radius 2 is 2.30 bits per heavy atom. The maximum absolute atomic E-state index is 10.9. The van der Waals surface area contributed by atoms with Gasteiger partial charge in [0, 0.05) is 0 Å². The van der Waals surface area contributed by atoms with Crippen molar-refractivity contribution in [2.45, 2.75) is 20.8 Å². The number of carbonyl (C=O) groups excluding carboxylic acids is 1. The molecule has 0 unspecified atom stereocenters. The Kier molecular flexibility index (Phi) is 4.63. The summed E-state index contributed by atoms with van der Waals surface area (Å²) in [6.07, 6.45) is 3.67. The van der Waals surface area contributed by atoms with E-state index < -0.39 is 0 Å². The molecule has 0 heterocycles. The van der Waals surface area contributed by atoms with Gasteiger partial charge in [-0.15, -0.1) is 0 Å². The van der Waals surface area contributed by atoms with Gasteiger partial charge in [-0.05, 0) is 20.8 Å². The van der Waals surface area contributed by atoms with E-state index in [-0.39, 0.29) is 11.9 Å². The lowest BCUT2D eigenvalue weighted by molar-refractivity contribution is -0.145. The molecule has 0 spiro atoms. The van der Waals surface area contributed by atoms with Gasteiger partial charge in [0.15, 0.2) is 0 Å². The van der Waals surface area contributed by atoms with Crippen molar-refractivity contribution in [1.82, 2.24) is 0 Å². The van der Waals surface area contributed by atoms with Gasteiger partial charge in [0.2, 0.25) is 0 Å². The standard InChI is InChI=1S/C8H14O2/c1-4-6-7(3)8(9)10-5-2/h4,6-7H,5H2,1-3H3/b6-4-/t7-/m0/s1. The van der Waals surface area contributed by atoms with Crippen LogP contribution in [0.5, 0.6) is 0 Å². The van der Waals surface area contributed by atoms with Crippen molar-refractivity contribution in [3.05, 3.63) is 12.2 Å². The first kappa shape index (κ1) is 9.21. The largest absolute Gasteiger partial charge is 0.466 e. The third-order valence-electron chi connectivity index (χ3n) is 1.14. The molecule has 0 aliphatic carbocycles. The summed E-state index contributed by atoms with van der Waals surface area (Å²) in [6, 6.07) is 0. The SMILES string of the molecule is C/C=C\[C@H](C)C(=O)OCC. The van der Waals surface area contributed by atoms with Crippen LogP contribution in [0.15, 0.2) is 12.2 Å². The number of hydrogen-bond donors (Lipinski definition) is 0. The van der Waals surface area contributed by atoms with Crippen LogP contribution in [0, 0.1) is 5.92 Å². The molecule has 0 aliphatic rings. The molecule has 1 atom stereocenters. The molecule has 10 heavy (non-hydrogen) atoms. The summed E-state index contributed by atoms with van der Waals surface area (Å²) >= 11 is 0. The smallest absolute Gasteiger partial charge is 0.312 e. The lowest BCUT2D eigenvalue weighted by Crippen LogP contribution is -2.12. The van der Waals surface area contributed by atoms with E-state index in [4.69, 9.17) is 4.74 Å². The highest BCUT2D eigenvalue weighted by molar-refractivity contribution is 5.73. The molecule has 0 saturated carbocycles. The Labute approximate surface area is 61.9 Å². The van der Waals surface area contributed by atoms with E-state index in [1.807, 2.05) is 26.0 Å². The van der Waals surface area contributed by atoms with Crippen LogP contribution < -0.4 is 0 Å². The van der Waals surface area contributed by atoms with Crippen LogP contribution >= 0.6 is 0 Å². The monoisotopic (exact) mass is 142 g/mol. The summed E-state index contributed by atoms with van der Waals surface area (Å²) in [5, 5.41) is 0. The fraction of sp³-hybridized carbons (Fsp3) is 0.625. The first-order valence-electron chi connectivity index (χ1n) is 3.51. The molecule has 0 amide bonds. The molecule has 0 bridgehead atoms. The minimum Gasteiger partial charge on any atom is -0.466 e. The van der Waals surface area contributed by atoms with Crippen molar-refractivity contribution in [2.24, 2.45) is 5.92 Å². The zero-order chi connectivity index (χ0) is 7.98. The first-order chi connectivity index (χ1) is 4.72. The average molecular weight is 142 g/mol. The Morgan fingerprint density at radius 3 is 2.70 bits per heavy atom. The highest BCUT2D eigenvalue weighted by Gasteiger charge is 2.08. The third-order valence-corrected chi connectivity index (χ3v) is 1.14. The van der Waals surface area contributed by atoms with Gasteiger partial charge < -0.3 is 4.74 Å². The van der Waals surface area contributed by atoms with E-state index in [9.17, 15) is 4.79 Å². The van der Waals surface area contributed by atoms with Crippen LogP contribution in [0.25, 0.3) is 0 Å². The molecule has 0 aromatic heterocycles. The van der Waals surface area contributed by atoms with E-state index in [0.717, 1.165) is 0 Å². The minimum absolute atomic E-state index is 0.107. The number of esters is 1. The number of rotatable bonds is 3. The molecule has 58 valence electrons. The summed E-state index contributed by atoms with van der Waals surface area (Å²) in [5.41, 5.74) is 0. The molecule has 0 saturated heterocycles. The van der Waals surface area contributed by atoms with Gasteiger partial charge in [0.25, 0.3) is 0 Å². The van der Waals surface area contributed by atoms with Crippen molar-refractivity contribution in [3.8, 4) is 0 Å². The van der Waals surface area contributed by atoms with Crippen molar-refractivity contribution in [2.75, 3.05) is 6.61 Å². The van der Waals surface area contributed by atoms with Crippen molar-refractivity contribution in [3.63, 3.8) is 0 Å². The van der Waals surface area contributed by atoms with E-state index in [2.05, 4.69) is 0 Å². The van der Waals surface area contributed by atoms with Crippen LogP contribution in [0.4, 0.5) is 0 Å². The molecule has 0 N–H and O–H groups in total. The molecule has 0 rings (SSSR count). The predicted molar refractivity (Wildman–Crippen MR) is 40.6 cm³/mol. The van der Waals surface area contributed by atoms with Crippen molar-refractivity contribution >= 4 is 5.97 Å². The minimum atomic E-state index is -0.152. The normalized spacial score (nSPS) is 13.5. The molecule has 0 aromatic carbocycles. The third kappa shape index (κ3) is 3.28. The Morgan fingerprint density at radius 1 is 1.70 bits per heavy atom. The second kappa shape index (κ2) is 5.03. The van der Waals surface area contributed by atoms with E-state index >= 15 is 0 Å². The first-order valence-corrected chi connectivity index (χ1v) is 3.51. The van der Waals surface area contributed by atoms with Gasteiger partial charge in [0.05, 0.1) is 12.5 Å². The molecule has 0 aromatic rings. The molecular weight excluding hydrogens is 128 g/mol. The lowest BCUT2D eigenvalue weighted by Gasteiger charge is -2.03. The summed E-state index contributed by atoms with van der Waals surface area (Å²) in [5.74, 6) is -0.259. The van der Waals surface area contributed by atoms with Crippen LogP contribution in [0.1, 0.15) is 20.8 Å². The molecule has 2 heteroatoms. The quantitative estimate of drug-likeness (QED) is 0.443. The number of allylic oxidation sites excluding steroid dienone is 1. The van der Waals surface area contributed by atoms with Gasteiger partial charge in [-0.1, -0.05) is 12.2 Å². The maximum Gasteiger partial charge on any atom is 0.312 e. The van der Waals surface area contributed by atoms with Crippen LogP contribution in [-0.4, -0.2) is 12.6 Å². The summed E-state index contributed by atoms with van der Waals surface area (Å²) in [4.78, 5) is 10.9. The highest BCUT2D eigenvalue weighted by atomic mass is 16.5. The van der Waals surface area contributed by atoms with E-state index in [0.29, 0.717) is 6.61 Å². The van der Waals surface area contributed by atoms with E-state index in [1.54, 1.807) is 6.92 Å². The zero-order valence-corrected chi connectivity index (χ0v) is 6.76. The van der Waals surface area contributed by atoms with Gasteiger partial charge in [0.1, 0.15) is 0 Å². The number of carbonyl (C=O) groups is 1. The molecule has 0 fully saturated rings. The van der Waals surface area contributed by atoms with Gasteiger partial charge in [-0.25, -0.2) is 0 Å². The van der Waals surface area contributed by atoms with Crippen LogP contribution in [-0.2, 0) is 9.53 Å². The van der Waals surface area contributed by atoms with Gasteiger partial charge in [-0.3, -0.25) is 4.79 Å².